The molecule has 0 amide bonds. The third-order valence-electron chi connectivity index (χ3n) is 6.53. The number of hydrogen-bond acceptors (Lipinski definition) is 4. The van der Waals surface area contributed by atoms with Gasteiger partial charge in [0.15, 0.2) is 0 Å². The molecular formula is C20H48Br4N8. The van der Waals surface area contributed by atoms with E-state index in [1.54, 1.807) is 0 Å². The molecular weight excluding hydrogens is 672 g/mol. The van der Waals surface area contributed by atoms with Crippen molar-refractivity contribution in [3.63, 3.8) is 0 Å². The lowest BCUT2D eigenvalue weighted by Gasteiger charge is -2.25. The Hall–Kier alpha value is 1.60. The monoisotopic (exact) mass is 716 g/mol. The van der Waals surface area contributed by atoms with Crippen LogP contribution in [0.3, 0.4) is 0 Å². The van der Waals surface area contributed by atoms with E-state index < -0.39 is 0 Å². The van der Waals surface area contributed by atoms with E-state index in [1.165, 1.54) is 104 Å². The summed E-state index contributed by atoms with van der Waals surface area (Å²) in [5.41, 5.74) is 0. The predicted octanol–water partition coefficient (Wildman–Crippen LogP) is -16.9. The second-order valence-electron chi connectivity index (χ2n) is 8.91. The van der Waals surface area contributed by atoms with Crippen LogP contribution in [0.2, 0.25) is 0 Å². The van der Waals surface area contributed by atoms with Gasteiger partial charge in [0.1, 0.15) is 24.7 Å². The van der Waals surface area contributed by atoms with Crippen molar-refractivity contribution in [1.29, 1.82) is 0 Å². The van der Waals surface area contributed by atoms with Gasteiger partial charge in [0.05, 0.1) is 26.2 Å². The number of hydrogen-bond donors (Lipinski definition) is 8. The maximum absolute atomic E-state index is 3.56. The number of halogens is 4. The van der Waals surface area contributed by atoms with Crippen LogP contribution in [-0.4, -0.2) is 77.0 Å². The summed E-state index contributed by atoms with van der Waals surface area (Å²) in [6, 6.07) is 0. The minimum atomic E-state index is 0. The van der Waals surface area contributed by atoms with Gasteiger partial charge in [-0.25, -0.2) is 0 Å². The van der Waals surface area contributed by atoms with E-state index in [2.05, 4.69) is 42.5 Å². The lowest BCUT2D eigenvalue weighted by Crippen LogP contribution is -3.00. The summed E-state index contributed by atoms with van der Waals surface area (Å²) in [4.78, 5) is 0. The summed E-state index contributed by atoms with van der Waals surface area (Å²) >= 11 is 0. The molecule has 4 fully saturated rings. The maximum atomic E-state index is 3.56. The first-order chi connectivity index (χ1) is 13.9. The highest BCUT2D eigenvalue weighted by Gasteiger charge is 2.21. The van der Waals surface area contributed by atoms with Gasteiger partial charge in [-0.2, -0.15) is 0 Å². The van der Waals surface area contributed by atoms with Crippen LogP contribution in [0, 0.1) is 0 Å². The van der Waals surface area contributed by atoms with Gasteiger partial charge in [0, 0.05) is 77.5 Å². The predicted molar refractivity (Wildman–Crippen MR) is 111 cm³/mol. The van der Waals surface area contributed by atoms with E-state index in [-0.39, 0.29) is 67.9 Å². The topological polar surface area (TPSA) is 115 Å². The van der Waals surface area contributed by atoms with Gasteiger partial charge in [-0.1, -0.05) is 0 Å². The Balaban J connectivity index is 0. The Labute approximate surface area is 237 Å². The van der Waals surface area contributed by atoms with E-state index in [0.717, 1.165) is 0 Å². The lowest BCUT2D eigenvalue weighted by atomic mass is 10.1. The smallest absolute Gasteiger partial charge is 0.140 e. The highest BCUT2D eigenvalue weighted by molar-refractivity contribution is 4.64. The molecule has 4 rings (SSSR count). The molecule has 196 valence electrons. The SMILES string of the molecule is C1CNC(CCC2NCCC[NH2+]2)[NH2+]C1.C1CNC(CCC2NCCC[NH2+]2)[NH2+]C1.[Br-].[Br-].[Br-].[Br-]. The van der Waals surface area contributed by atoms with Crippen molar-refractivity contribution in [3.05, 3.63) is 0 Å². The minimum absolute atomic E-state index is 0. The largest absolute Gasteiger partial charge is 1.00 e. The van der Waals surface area contributed by atoms with Crippen molar-refractivity contribution in [2.75, 3.05) is 52.4 Å². The molecule has 32 heavy (non-hydrogen) atoms. The van der Waals surface area contributed by atoms with Crippen LogP contribution < -0.4 is 110 Å². The van der Waals surface area contributed by atoms with Gasteiger partial charge in [-0.3, -0.25) is 21.3 Å². The fourth-order valence-corrected chi connectivity index (χ4v) is 4.77. The van der Waals surface area contributed by atoms with E-state index in [0.29, 0.717) is 24.7 Å². The first-order valence-electron chi connectivity index (χ1n) is 12.2. The standard InChI is InChI=1S/2C10H22N4.4BrH/c2*1-5-11-9(12-6-1)3-4-10-13-7-2-8-14-10;;;;/h2*9-14H,1-8H2;4*1H. The van der Waals surface area contributed by atoms with Gasteiger partial charge in [-0.05, 0) is 0 Å². The van der Waals surface area contributed by atoms with Crippen molar-refractivity contribution in [3.8, 4) is 0 Å². The van der Waals surface area contributed by atoms with Gasteiger partial charge in [-0.15, -0.1) is 0 Å². The Kier molecular flexibility index (Phi) is 25.7. The summed E-state index contributed by atoms with van der Waals surface area (Å²) in [5, 5.41) is 24.0. The average molecular weight is 720 g/mol. The van der Waals surface area contributed by atoms with Crippen LogP contribution in [0.1, 0.15) is 51.4 Å². The van der Waals surface area contributed by atoms with Crippen LogP contribution in [0.15, 0.2) is 0 Å². The molecule has 12 N–H and O–H groups in total. The lowest BCUT2D eigenvalue weighted by molar-refractivity contribution is -0.713. The fourth-order valence-electron chi connectivity index (χ4n) is 4.77. The van der Waals surface area contributed by atoms with Gasteiger partial charge in [0.2, 0.25) is 0 Å². The molecule has 0 aromatic carbocycles. The second-order valence-corrected chi connectivity index (χ2v) is 8.91. The molecule has 4 unspecified atom stereocenters. The molecule has 4 aliphatic heterocycles. The van der Waals surface area contributed by atoms with E-state index in [1.807, 2.05) is 0 Å². The molecule has 4 heterocycles. The summed E-state index contributed by atoms with van der Waals surface area (Å²) in [6.07, 6.45) is 13.2. The Bertz CT molecular complexity index is 318. The second kappa shape index (κ2) is 23.0. The number of quaternary nitrogens is 4. The van der Waals surface area contributed by atoms with Gasteiger partial charge in [0.25, 0.3) is 0 Å². The molecule has 4 atom stereocenters. The minimum Gasteiger partial charge on any atom is -1.00 e. The van der Waals surface area contributed by atoms with Crippen LogP contribution in [-0.2, 0) is 0 Å². The van der Waals surface area contributed by atoms with E-state index in [4.69, 9.17) is 0 Å². The summed E-state index contributed by atoms with van der Waals surface area (Å²) < 4.78 is 0. The average Bonchev–Trinajstić information content (AvgIpc) is 2.80. The highest BCUT2D eigenvalue weighted by Crippen LogP contribution is 1.97. The number of rotatable bonds is 6. The molecule has 0 spiro atoms. The quantitative estimate of drug-likeness (QED) is 0.140. The van der Waals surface area contributed by atoms with Crippen LogP contribution in [0.4, 0.5) is 0 Å². The van der Waals surface area contributed by atoms with Crippen molar-refractivity contribution in [2.45, 2.75) is 76.0 Å². The molecule has 0 aromatic rings. The van der Waals surface area contributed by atoms with Crippen LogP contribution in [0.25, 0.3) is 0 Å². The number of nitrogens with two attached hydrogens (primary N) is 4. The molecule has 0 aromatic heterocycles. The molecule has 8 nitrogen and oxygen atoms in total. The van der Waals surface area contributed by atoms with Crippen LogP contribution >= 0.6 is 0 Å². The Morgan fingerprint density at radius 2 is 0.625 bits per heavy atom. The van der Waals surface area contributed by atoms with E-state index in [9.17, 15) is 0 Å². The Morgan fingerprint density at radius 1 is 0.406 bits per heavy atom. The molecule has 0 bridgehead atoms. The van der Waals surface area contributed by atoms with Crippen molar-refractivity contribution < 1.29 is 89.2 Å². The van der Waals surface area contributed by atoms with Gasteiger partial charge >= 0.3 is 0 Å². The normalized spacial score (nSPS) is 30.0. The van der Waals surface area contributed by atoms with Crippen molar-refractivity contribution in [2.24, 2.45) is 0 Å². The third-order valence-corrected chi connectivity index (χ3v) is 6.53. The van der Waals surface area contributed by atoms with Crippen molar-refractivity contribution >= 4 is 0 Å². The zero-order chi connectivity index (χ0) is 19.3. The molecule has 0 radical (unpaired) electrons. The fraction of sp³-hybridized carbons (Fsp3) is 1.00. The third kappa shape index (κ3) is 15.6. The summed E-state index contributed by atoms with van der Waals surface area (Å²) in [6.45, 7) is 10.1. The zero-order valence-electron chi connectivity index (χ0n) is 19.4. The van der Waals surface area contributed by atoms with Crippen molar-refractivity contribution in [1.82, 2.24) is 21.3 Å². The molecule has 4 aliphatic rings. The first kappa shape index (κ1) is 35.8. The first-order valence-corrected chi connectivity index (χ1v) is 12.2. The molecule has 12 heteroatoms. The molecule has 0 aliphatic carbocycles. The van der Waals surface area contributed by atoms with Gasteiger partial charge < -0.3 is 89.2 Å². The molecule has 0 saturated carbocycles. The summed E-state index contributed by atoms with van der Waals surface area (Å²) in [7, 11) is 0. The molecule has 4 saturated heterocycles. The summed E-state index contributed by atoms with van der Waals surface area (Å²) in [5.74, 6) is 0. The zero-order valence-corrected chi connectivity index (χ0v) is 25.8. The van der Waals surface area contributed by atoms with E-state index >= 15 is 0 Å². The highest BCUT2D eigenvalue weighted by atomic mass is 79.9. The number of nitrogens with one attached hydrogen (secondary N) is 4. The van der Waals surface area contributed by atoms with Crippen LogP contribution in [0.5, 0.6) is 0 Å². The maximum Gasteiger partial charge on any atom is 0.140 e. The Morgan fingerprint density at radius 3 is 0.781 bits per heavy atom.